The van der Waals surface area contributed by atoms with Crippen molar-refractivity contribution < 1.29 is 23.2 Å². The van der Waals surface area contributed by atoms with Gasteiger partial charge in [0.05, 0.1) is 23.4 Å². The van der Waals surface area contributed by atoms with Crippen LogP contribution < -0.4 is 5.46 Å². The molecule has 0 unspecified atom stereocenters. The summed E-state index contributed by atoms with van der Waals surface area (Å²) in [4.78, 5) is 11.7. The van der Waals surface area contributed by atoms with Crippen LogP contribution in [0.2, 0.25) is 0 Å². The Balaban J connectivity index is 2.35. The second-order valence-electron chi connectivity index (χ2n) is 6.02. The maximum Gasteiger partial charge on any atom is 0.497 e. The first-order valence-electron chi connectivity index (χ1n) is 7.01. The van der Waals surface area contributed by atoms with Crippen molar-refractivity contribution in [3.05, 3.63) is 29.6 Å². The summed E-state index contributed by atoms with van der Waals surface area (Å²) < 4.78 is 31.0. The van der Waals surface area contributed by atoms with E-state index in [9.17, 15) is 9.18 Å². The lowest BCUT2D eigenvalue weighted by Gasteiger charge is -2.32. The number of carbonyl (C=O) groups excluding carboxylic acids is 1. The van der Waals surface area contributed by atoms with Crippen molar-refractivity contribution >= 4 is 18.6 Å². The number of esters is 1. The molecule has 0 bridgehead atoms. The zero-order valence-electron chi connectivity index (χ0n) is 13.0. The van der Waals surface area contributed by atoms with Gasteiger partial charge in [-0.1, -0.05) is 12.1 Å². The second-order valence-corrected chi connectivity index (χ2v) is 6.02. The summed E-state index contributed by atoms with van der Waals surface area (Å²) in [5, 5.41) is 0. The Morgan fingerprint density at radius 2 is 1.81 bits per heavy atom. The molecule has 0 amide bonds. The van der Waals surface area contributed by atoms with Crippen molar-refractivity contribution in [2.24, 2.45) is 0 Å². The largest absolute Gasteiger partial charge is 0.497 e. The molecule has 21 heavy (non-hydrogen) atoms. The molecule has 0 saturated carbocycles. The summed E-state index contributed by atoms with van der Waals surface area (Å²) in [5.74, 6) is -1.34. The summed E-state index contributed by atoms with van der Waals surface area (Å²) in [6, 6.07) is 4.54. The smallest absolute Gasteiger partial charge is 0.462 e. The van der Waals surface area contributed by atoms with Gasteiger partial charge in [-0.05, 0) is 40.7 Å². The lowest BCUT2D eigenvalue weighted by Crippen LogP contribution is -2.41. The lowest BCUT2D eigenvalue weighted by atomic mass is 9.78. The molecular weight excluding hydrogens is 274 g/mol. The highest BCUT2D eigenvalue weighted by Crippen LogP contribution is 2.36. The van der Waals surface area contributed by atoms with Crippen LogP contribution in [0.1, 0.15) is 45.0 Å². The number of halogens is 1. The Morgan fingerprint density at radius 3 is 2.33 bits per heavy atom. The fourth-order valence-corrected chi connectivity index (χ4v) is 2.07. The van der Waals surface area contributed by atoms with Crippen LogP contribution in [0.4, 0.5) is 4.39 Å². The molecule has 1 aliphatic heterocycles. The first kappa shape index (κ1) is 16.0. The van der Waals surface area contributed by atoms with Crippen molar-refractivity contribution in [1.82, 2.24) is 0 Å². The van der Waals surface area contributed by atoms with Gasteiger partial charge in [-0.2, -0.15) is 0 Å². The number of hydrogen-bond donors (Lipinski definition) is 0. The fraction of sp³-hybridized carbons (Fsp3) is 0.533. The molecule has 0 aliphatic carbocycles. The number of ether oxygens (including phenoxy) is 1. The average molecular weight is 294 g/mol. The Bertz CT molecular complexity index is 541. The Morgan fingerprint density at radius 1 is 1.24 bits per heavy atom. The third-order valence-electron chi connectivity index (χ3n) is 4.03. The highest BCUT2D eigenvalue weighted by atomic mass is 19.1. The molecule has 0 aromatic heterocycles. The van der Waals surface area contributed by atoms with Gasteiger partial charge >= 0.3 is 13.1 Å². The van der Waals surface area contributed by atoms with E-state index in [0.29, 0.717) is 0 Å². The summed E-state index contributed by atoms with van der Waals surface area (Å²) in [5.41, 5.74) is -1.03. The fourth-order valence-electron chi connectivity index (χ4n) is 2.07. The Labute approximate surface area is 124 Å². The predicted molar refractivity (Wildman–Crippen MR) is 78.1 cm³/mol. The molecule has 6 heteroatoms. The van der Waals surface area contributed by atoms with Crippen molar-refractivity contribution in [1.29, 1.82) is 0 Å². The van der Waals surface area contributed by atoms with E-state index < -0.39 is 30.1 Å². The van der Waals surface area contributed by atoms with Crippen molar-refractivity contribution in [3.8, 4) is 0 Å². The van der Waals surface area contributed by atoms with Gasteiger partial charge in [-0.25, -0.2) is 9.18 Å². The van der Waals surface area contributed by atoms with E-state index in [1.807, 2.05) is 27.7 Å². The van der Waals surface area contributed by atoms with Crippen LogP contribution in [0.25, 0.3) is 0 Å². The third-order valence-corrected chi connectivity index (χ3v) is 4.03. The van der Waals surface area contributed by atoms with E-state index in [1.165, 1.54) is 6.07 Å². The molecule has 0 atom stereocenters. The van der Waals surface area contributed by atoms with E-state index in [4.69, 9.17) is 14.0 Å². The summed E-state index contributed by atoms with van der Waals surface area (Å²) >= 11 is 0. The van der Waals surface area contributed by atoms with Crippen LogP contribution in [0.5, 0.6) is 0 Å². The van der Waals surface area contributed by atoms with Gasteiger partial charge in [-0.3, -0.25) is 0 Å². The van der Waals surface area contributed by atoms with E-state index in [2.05, 4.69) is 0 Å². The van der Waals surface area contributed by atoms with Gasteiger partial charge in [0.1, 0.15) is 5.82 Å². The van der Waals surface area contributed by atoms with E-state index in [0.717, 1.165) is 0 Å². The molecule has 2 rings (SSSR count). The van der Waals surface area contributed by atoms with Crippen LogP contribution in [0.3, 0.4) is 0 Å². The van der Waals surface area contributed by atoms with Gasteiger partial charge in [0.25, 0.3) is 0 Å². The normalized spacial score (nSPS) is 19.6. The van der Waals surface area contributed by atoms with Crippen molar-refractivity contribution in [2.75, 3.05) is 6.61 Å². The highest BCUT2D eigenvalue weighted by Gasteiger charge is 2.52. The number of rotatable bonds is 3. The first-order chi connectivity index (χ1) is 9.69. The molecule has 1 saturated heterocycles. The zero-order valence-corrected chi connectivity index (χ0v) is 13.0. The number of hydrogen-bond acceptors (Lipinski definition) is 4. The maximum absolute atomic E-state index is 14.5. The van der Waals surface area contributed by atoms with Crippen LogP contribution in [0, 0.1) is 5.82 Å². The van der Waals surface area contributed by atoms with Crippen LogP contribution in [-0.2, 0) is 14.0 Å². The molecule has 1 heterocycles. The molecule has 1 aliphatic rings. The molecular formula is C15H20BFO4. The molecule has 1 fully saturated rings. The zero-order chi connectivity index (χ0) is 15.8. The van der Waals surface area contributed by atoms with Crippen LogP contribution in [-0.4, -0.2) is 30.9 Å². The summed E-state index contributed by atoms with van der Waals surface area (Å²) in [6.45, 7) is 9.42. The molecule has 0 N–H and O–H groups in total. The quantitative estimate of drug-likeness (QED) is 0.634. The summed E-state index contributed by atoms with van der Waals surface area (Å²) in [6.07, 6.45) is 0. The van der Waals surface area contributed by atoms with Gasteiger partial charge in [0.2, 0.25) is 0 Å². The van der Waals surface area contributed by atoms with E-state index in [-0.39, 0.29) is 17.6 Å². The standard InChI is InChI=1S/C15H20BFO4/c1-6-19-13(18)10-8-7-9-11(12(10)17)16-20-14(2,3)15(4,5)21-16/h7-9H,6H2,1-5H3. The van der Waals surface area contributed by atoms with Gasteiger partial charge in [0, 0.05) is 5.46 Å². The number of benzene rings is 1. The minimum atomic E-state index is -0.843. The van der Waals surface area contributed by atoms with Crippen LogP contribution >= 0.6 is 0 Å². The second kappa shape index (κ2) is 5.42. The van der Waals surface area contributed by atoms with Crippen molar-refractivity contribution in [3.63, 3.8) is 0 Å². The maximum atomic E-state index is 14.5. The minimum absolute atomic E-state index is 0.107. The average Bonchev–Trinajstić information content (AvgIpc) is 2.58. The molecule has 114 valence electrons. The van der Waals surface area contributed by atoms with Crippen LogP contribution in [0.15, 0.2) is 18.2 Å². The number of carbonyl (C=O) groups is 1. The molecule has 1 aromatic carbocycles. The van der Waals surface area contributed by atoms with E-state index >= 15 is 0 Å². The van der Waals surface area contributed by atoms with Gasteiger partial charge in [-0.15, -0.1) is 0 Å². The SMILES string of the molecule is CCOC(=O)c1cccc(B2OC(C)(C)C(C)(C)O2)c1F. The molecule has 1 aromatic rings. The first-order valence-corrected chi connectivity index (χ1v) is 7.01. The topological polar surface area (TPSA) is 44.8 Å². The van der Waals surface area contributed by atoms with Crippen molar-refractivity contribution in [2.45, 2.75) is 45.8 Å². The predicted octanol–water partition coefficient (Wildman–Crippen LogP) is 2.30. The third kappa shape index (κ3) is 2.83. The molecule has 4 nitrogen and oxygen atoms in total. The van der Waals surface area contributed by atoms with Gasteiger partial charge < -0.3 is 14.0 Å². The Kier molecular flexibility index (Phi) is 4.13. The lowest BCUT2D eigenvalue weighted by molar-refractivity contribution is 0.00578. The van der Waals surface area contributed by atoms with Gasteiger partial charge in [0.15, 0.2) is 0 Å². The van der Waals surface area contributed by atoms with E-state index in [1.54, 1.807) is 19.1 Å². The molecule has 0 spiro atoms. The minimum Gasteiger partial charge on any atom is -0.462 e. The Hall–Kier alpha value is -1.40. The monoisotopic (exact) mass is 294 g/mol. The summed E-state index contributed by atoms with van der Waals surface area (Å²) in [7, 11) is -0.843. The highest BCUT2D eigenvalue weighted by molar-refractivity contribution is 6.62. The molecule has 0 radical (unpaired) electrons.